The molecule has 4 heterocycles. The summed E-state index contributed by atoms with van der Waals surface area (Å²) in [4.78, 5) is 14.2. The molecule has 1 aliphatic carbocycles. The van der Waals surface area contributed by atoms with E-state index in [1.165, 1.54) is 24.1 Å². The third-order valence-corrected chi connectivity index (χ3v) is 7.55. The second-order valence-electron chi connectivity index (χ2n) is 9.75. The molecule has 6 heteroatoms. The fourth-order valence-corrected chi connectivity index (χ4v) is 5.56. The van der Waals surface area contributed by atoms with Crippen molar-refractivity contribution in [1.29, 1.82) is 0 Å². The summed E-state index contributed by atoms with van der Waals surface area (Å²) in [5.41, 5.74) is 4.43. The SMILES string of the molecule is O=C(NC1CC1)[C@H]1C[NH+]2CC[C@@H]1C[C@@H]2Cn1cc(-c2ccc(-c3ccccc3)cc2)nn1. The molecular weight excluding hydrogens is 398 g/mol. The first-order valence-electron chi connectivity index (χ1n) is 11.9. The number of fused-ring (bicyclic) bond motifs is 3. The Hall–Kier alpha value is -2.99. The number of amides is 1. The van der Waals surface area contributed by atoms with Gasteiger partial charge in [0, 0.05) is 24.4 Å². The number of rotatable bonds is 6. The number of quaternary nitrogens is 1. The van der Waals surface area contributed by atoms with E-state index in [-0.39, 0.29) is 5.92 Å². The minimum atomic E-state index is 0.199. The van der Waals surface area contributed by atoms with Crippen LogP contribution in [-0.4, -0.2) is 46.1 Å². The summed E-state index contributed by atoms with van der Waals surface area (Å²) in [6, 6.07) is 19.9. The number of carbonyl (C=O) groups excluding carboxylic acids is 1. The predicted octanol–water partition coefficient (Wildman–Crippen LogP) is 2.18. The zero-order chi connectivity index (χ0) is 21.5. The average Bonchev–Trinajstić information content (AvgIpc) is 3.54. The van der Waals surface area contributed by atoms with Crippen molar-refractivity contribution in [3.05, 3.63) is 60.8 Å². The third-order valence-electron chi connectivity index (χ3n) is 7.55. The van der Waals surface area contributed by atoms with E-state index in [1.54, 1.807) is 4.90 Å². The van der Waals surface area contributed by atoms with Crippen LogP contribution in [-0.2, 0) is 11.3 Å². The fraction of sp³-hybridized carbons (Fsp3) is 0.423. The molecule has 7 rings (SSSR count). The molecule has 4 atom stereocenters. The van der Waals surface area contributed by atoms with E-state index in [2.05, 4.69) is 70.4 Å². The topological polar surface area (TPSA) is 64.2 Å². The van der Waals surface area contributed by atoms with Crippen molar-refractivity contribution < 1.29 is 9.69 Å². The van der Waals surface area contributed by atoms with Crippen LogP contribution in [0, 0.1) is 11.8 Å². The van der Waals surface area contributed by atoms with E-state index < -0.39 is 0 Å². The van der Waals surface area contributed by atoms with Crippen LogP contribution in [0.3, 0.4) is 0 Å². The van der Waals surface area contributed by atoms with Gasteiger partial charge in [-0.1, -0.05) is 59.8 Å². The van der Waals surface area contributed by atoms with Crippen LogP contribution < -0.4 is 10.2 Å². The highest BCUT2D eigenvalue weighted by Gasteiger charge is 2.47. The van der Waals surface area contributed by atoms with Gasteiger partial charge in [-0.3, -0.25) is 4.79 Å². The molecule has 1 unspecified atom stereocenters. The van der Waals surface area contributed by atoms with Crippen molar-refractivity contribution in [2.45, 2.75) is 44.3 Å². The summed E-state index contributed by atoms with van der Waals surface area (Å²) >= 11 is 0. The molecule has 32 heavy (non-hydrogen) atoms. The molecule has 2 bridgehead atoms. The molecule has 1 aromatic heterocycles. The molecule has 2 aromatic carbocycles. The quantitative estimate of drug-likeness (QED) is 0.633. The lowest BCUT2D eigenvalue weighted by atomic mass is 9.75. The Morgan fingerprint density at radius 1 is 1.00 bits per heavy atom. The van der Waals surface area contributed by atoms with Gasteiger partial charge in [0.25, 0.3) is 0 Å². The van der Waals surface area contributed by atoms with Crippen molar-refractivity contribution in [1.82, 2.24) is 20.3 Å². The molecule has 1 amide bonds. The molecule has 0 spiro atoms. The number of hydrogen-bond acceptors (Lipinski definition) is 3. The number of piperidine rings is 3. The largest absolute Gasteiger partial charge is 0.353 e. The van der Waals surface area contributed by atoms with E-state index in [1.807, 2.05) is 10.7 Å². The number of nitrogens with zero attached hydrogens (tertiary/aromatic N) is 3. The van der Waals surface area contributed by atoms with Gasteiger partial charge in [0.1, 0.15) is 11.7 Å². The number of aromatic nitrogens is 3. The molecule has 1 saturated carbocycles. The highest BCUT2D eigenvalue weighted by atomic mass is 16.2. The van der Waals surface area contributed by atoms with Crippen LogP contribution >= 0.6 is 0 Å². The van der Waals surface area contributed by atoms with E-state index >= 15 is 0 Å². The zero-order valence-electron chi connectivity index (χ0n) is 18.3. The predicted molar refractivity (Wildman–Crippen MR) is 123 cm³/mol. The van der Waals surface area contributed by atoms with Gasteiger partial charge in [0.2, 0.25) is 5.91 Å². The minimum Gasteiger partial charge on any atom is -0.353 e. The summed E-state index contributed by atoms with van der Waals surface area (Å²) < 4.78 is 2.00. The highest BCUT2D eigenvalue weighted by Crippen LogP contribution is 2.29. The zero-order valence-corrected chi connectivity index (χ0v) is 18.3. The Balaban J connectivity index is 1.10. The van der Waals surface area contributed by atoms with Gasteiger partial charge in [-0.2, -0.15) is 0 Å². The lowest BCUT2D eigenvalue weighted by Gasteiger charge is -2.46. The Kier molecular flexibility index (Phi) is 5.02. The van der Waals surface area contributed by atoms with E-state index in [9.17, 15) is 4.79 Å². The molecular formula is C26H30N5O+. The molecule has 2 N–H and O–H groups in total. The van der Waals surface area contributed by atoms with Crippen molar-refractivity contribution in [2.75, 3.05) is 13.1 Å². The average molecular weight is 429 g/mol. The third kappa shape index (κ3) is 3.95. The Bertz CT molecular complexity index is 1090. The molecule has 4 aliphatic rings. The number of benzene rings is 2. The van der Waals surface area contributed by atoms with Crippen molar-refractivity contribution in [3.63, 3.8) is 0 Å². The second kappa shape index (κ2) is 8.17. The van der Waals surface area contributed by atoms with Gasteiger partial charge in [-0.05, 0) is 29.9 Å². The smallest absolute Gasteiger partial charge is 0.229 e. The molecule has 3 saturated heterocycles. The fourth-order valence-electron chi connectivity index (χ4n) is 5.56. The number of carbonyl (C=O) groups is 1. The van der Waals surface area contributed by atoms with Gasteiger partial charge < -0.3 is 10.2 Å². The molecule has 0 radical (unpaired) electrons. The Morgan fingerprint density at radius 2 is 1.75 bits per heavy atom. The maximum absolute atomic E-state index is 12.6. The maximum atomic E-state index is 12.6. The van der Waals surface area contributed by atoms with Gasteiger partial charge >= 0.3 is 0 Å². The van der Waals surface area contributed by atoms with Crippen LogP contribution in [0.4, 0.5) is 0 Å². The molecule has 3 aromatic rings. The standard InChI is InChI=1S/C26H29N5O/c32-26(27-22-10-11-22)24-16-30-13-12-21(24)14-23(30)15-31-17-25(28-29-31)20-8-6-19(7-9-20)18-4-2-1-3-5-18/h1-9,17,21-24H,10-16H2,(H,27,32)/p+1/t21-,23-,24+/m1/s1. The molecule has 3 aliphatic heterocycles. The van der Waals surface area contributed by atoms with Crippen molar-refractivity contribution in [2.24, 2.45) is 11.8 Å². The van der Waals surface area contributed by atoms with E-state index in [0.717, 1.165) is 43.6 Å². The van der Waals surface area contributed by atoms with Crippen molar-refractivity contribution in [3.8, 4) is 22.4 Å². The molecule has 4 fully saturated rings. The minimum absolute atomic E-state index is 0.199. The molecule has 6 nitrogen and oxygen atoms in total. The summed E-state index contributed by atoms with van der Waals surface area (Å²) in [7, 11) is 0. The van der Waals surface area contributed by atoms with Gasteiger partial charge in [-0.15, -0.1) is 5.10 Å². The summed E-state index contributed by atoms with van der Waals surface area (Å²) in [6.45, 7) is 3.01. The maximum Gasteiger partial charge on any atom is 0.229 e. The summed E-state index contributed by atoms with van der Waals surface area (Å²) in [6.07, 6.45) is 6.67. The van der Waals surface area contributed by atoms with Gasteiger partial charge in [-0.25, -0.2) is 4.68 Å². The van der Waals surface area contributed by atoms with Gasteiger partial charge in [0.15, 0.2) is 0 Å². The Morgan fingerprint density at radius 3 is 2.47 bits per heavy atom. The number of hydrogen-bond donors (Lipinski definition) is 2. The first kappa shape index (κ1) is 19.7. The van der Waals surface area contributed by atoms with Crippen LogP contribution in [0.25, 0.3) is 22.4 Å². The second-order valence-corrected chi connectivity index (χ2v) is 9.75. The van der Waals surface area contributed by atoms with E-state index in [4.69, 9.17) is 0 Å². The van der Waals surface area contributed by atoms with E-state index in [0.29, 0.717) is 23.9 Å². The number of nitrogens with one attached hydrogen (secondary N) is 2. The monoisotopic (exact) mass is 428 g/mol. The van der Waals surface area contributed by atoms with Gasteiger partial charge in [0.05, 0.1) is 31.7 Å². The highest BCUT2D eigenvalue weighted by molar-refractivity contribution is 5.79. The lowest BCUT2D eigenvalue weighted by molar-refractivity contribution is -0.945. The first-order valence-corrected chi connectivity index (χ1v) is 11.9. The molecule has 164 valence electrons. The summed E-state index contributed by atoms with van der Waals surface area (Å²) in [5.74, 6) is 1.02. The van der Waals surface area contributed by atoms with Crippen molar-refractivity contribution >= 4 is 5.91 Å². The summed E-state index contributed by atoms with van der Waals surface area (Å²) in [5, 5.41) is 12.1. The van der Waals surface area contributed by atoms with Crippen LogP contribution in [0.1, 0.15) is 25.7 Å². The van der Waals surface area contributed by atoms with Crippen LogP contribution in [0.5, 0.6) is 0 Å². The lowest BCUT2D eigenvalue weighted by Crippen LogP contribution is -3.20. The van der Waals surface area contributed by atoms with Crippen LogP contribution in [0.15, 0.2) is 60.8 Å². The normalized spacial score (nSPS) is 26.8. The first-order chi connectivity index (χ1) is 15.7. The van der Waals surface area contributed by atoms with Crippen LogP contribution in [0.2, 0.25) is 0 Å². The Labute approximate surface area is 188 Å².